The minimum Gasteiger partial charge on any atom is -0.492 e. The zero-order valence-electron chi connectivity index (χ0n) is 10.3. The Bertz CT molecular complexity index is 316. The van der Waals surface area contributed by atoms with Crippen molar-refractivity contribution in [2.24, 2.45) is 0 Å². The van der Waals surface area contributed by atoms with E-state index in [1.54, 1.807) is 0 Å². The van der Waals surface area contributed by atoms with E-state index in [1.807, 2.05) is 26.2 Å². The minimum atomic E-state index is 0.689. The largest absolute Gasteiger partial charge is 0.492 e. The molecule has 90 valence electrons. The van der Waals surface area contributed by atoms with Gasteiger partial charge in [-0.3, -0.25) is 0 Å². The summed E-state index contributed by atoms with van der Waals surface area (Å²) in [5.74, 6) is 0.857. The molecule has 0 saturated carbocycles. The van der Waals surface area contributed by atoms with Gasteiger partial charge in [0, 0.05) is 18.0 Å². The van der Waals surface area contributed by atoms with Crippen molar-refractivity contribution in [2.45, 2.75) is 19.8 Å². The lowest BCUT2D eigenvalue weighted by atomic mass is 10.1. The molecule has 1 aliphatic carbocycles. The second kappa shape index (κ2) is 6.77. The number of likely N-dealkylation sites (N-methyl/N-ethyl adjacent to an activating group) is 1. The first kappa shape index (κ1) is 13.3. The van der Waals surface area contributed by atoms with Gasteiger partial charge in [0.2, 0.25) is 0 Å². The maximum atomic E-state index is 6.12. The highest BCUT2D eigenvalue weighted by Crippen LogP contribution is 2.23. The lowest BCUT2D eigenvalue weighted by Gasteiger charge is -2.11. The molecule has 0 heterocycles. The van der Waals surface area contributed by atoms with Gasteiger partial charge in [0.1, 0.15) is 12.4 Å². The Hall–Kier alpha value is -0.730. The lowest BCUT2D eigenvalue weighted by molar-refractivity contribution is 0.193. The van der Waals surface area contributed by atoms with Crippen molar-refractivity contribution < 1.29 is 4.74 Å². The van der Waals surface area contributed by atoms with Crippen molar-refractivity contribution in [2.75, 3.05) is 27.2 Å². The zero-order valence-corrected chi connectivity index (χ0v) is 11.0. The summed E-state index contributed by atoms with van der Waals surface area (Å²) in [6.07, 6.45) is 7.90. The summed E-state index contributed by atoms with van der Waals surface area (Å²) < 4.78 is 5.65. The number of allylic oxidation sites excluding steroid dienone is 5. The third kappa shape index (κ3) is 4.86. The van der Waals surface area contributed by atoms with Crippen LogP contribution in [-0.4, -0.2) is 32.1 Å². The summed E-state index contributed by atoms with van der Waals surface area (Å²) in [6, 6.07) is 0. The SMILES string of the molecule is CCC1=CC=C(OCCN(C)C)C=C(Cl)C1. The molecule has 0 unspecified atom stereocenters. The van der Waals surface area contributed by atoms with E-state index in [1.165, 1.54) is 5.57 Å². The topological polar surface area (TPSA) is 12.5 Å². The summed E-state index contributed by atoms with van der Waals surface area (Å²) >= 11 is 6.12. The van der Waals surface area contributed by atoms with Crippen LogP contribution in [0.2, 0.25) is 0 Å². The molecule has 0 aliphatic heterocycles. The second-order valence-electron chi connectivity index (χ2n) is 4.17. The normalized spacial score (nSPS) is 16.4. The highest BCUT2D eigenvalue weighted by atomic mass is 35.5. The van der Waals surface area contributed by atoms with Crippen molar-refractivity contribution in [1.29, 1.82) is 0 Å². The van der Waals surface area contributed by atoms with Crippen LogP contribution in [0.1, 0.15) is 19.8 Å². The smallest absolute Gasteiger partial charge is 0.120 e. The van der Waals surface area contributed by atoms with E-state index >= 15 is 0 Å². The molecule has 0 aromatic heterocycles. The standard InChI is InChI=1S/C13H20ClNO/c1-4-11-5-6-13(10-12(14)9-11)16-8-7-15(2)3/h5-6,10H,4,7-9H2,1-3H3. The summed E-state index contributed by atoms with van der Waals surface area (Å²) in [5.41, 5.74) is 1.34. The monoisotopic (exact) mass is 241 g/mol. The fraction of sp³-hybridized carbons (Fsp3) is 0.538. The lowest BCUT2D eigenvalue weighted by Crippen LogP contribution is -2.17. The predicted octanol–water partition coefficient (Wildman–Crippen LogP) is 3.31. The van der Waals surface area contributed by atoms with Crippen LogP contribution in [0.5, 0.6) is 0 Å². The highest BCUT2D eigenvalue weighted by molar-refractivity contribution is 6.29. The molecule has 0 aromatic rings. The van der Waals surface area contributed by atoms with Gasteiger partial charge in [-0.05, 0) is 32.7 Å². The van der Waals surface area contributed by atoms with E-state index in [-0.39, 0.29) is 0 Å². The van der Waals surface area contributed by atoms with Crippen molar-refractivity contribution >= 4 is 11.6 Å². The van der Waals surface area contributed by atoms with Crippen molar-refractivity contribution in [3.8, 4) is 0 Å². The average molecular weight is 242 g/mol. The van der Waals surface area contributed by atoms with Crippen LogP contribution < -0.4 is 0 Å². The second-order valence-corrected chi connectivity index (χ2v) is 4.65. The van der Waals surface area contributed by atoms with Crippen molar-refractivity contribution in [3.63, 3.8) is 0 Å². The molecular formula is C13H20ClNO. The molecule has 0 spiro atoms. The van der Waals surface area contributed by atoms with Crippen molar-refractivity contribution in [1.82, 2.24) is 4.90 Å². The number of nitrogens with zero attached hydrogens (tertiary/aromatic N) is 1. The van der Waals surface area contributed by atoms with Gasteiger partial charge in [-0.1, -0.05) is 30.2 Å². The van der Waals surface area contributed by atoms with Gasteiger partial charge in [-0.25, -0.2) is 0 Å². The van der Waals surface area contributed by atoms with Crippen LogP contribution in [0.25, 0.3) is 0 Å². The van der Waals surface area contributed by atoms with Gasteiger partial charge < -0.3 is 9.64 Å². The van der Waals surface area contributed by atoms with Crippen LogP contribution in [0, 0.1) is 0 Å². The number of hydrogen-bond acceptors (Lipinski definition) is 2. The molecule has 0 bridgehead atoms. The summed E-state index contributed by atoms with van der Waals surface area (Å²) in [4.78, 5) is 2.09. The van der Waals surface area contributed by atoms with Crippen LogP contribution in [0.4, 0.5) is 0 Å². The van der Waals surface area contributed by atoms with Gasteiger partial charge in [-0.2, -0.15) is 0 Å². The van der Waals surface area contributed by atoms with Crippen LogP contribution in [0.3, 0.4) is 0 Å². The highest BCUT2D eigenvalue weighted by Gasteiger charge is 2.05. The molecule has 1 rings (SSSR count). The Labute approximate surface area is 103 Å². The number of halogens is 1. The fourth-order valence-electron chi connectivity index (χ4n) is 1.41. The van der Waals surface area contributed by atoms with Gasteiger partial charge in [-0.15, -0.1) is 0 Å². The van der Waals surface area contributed by atoms with Gasteiger partial charge in [0.15, 0.2) is 0 Å². The van der Waals surface area contributed by atoms with Crippen LogP contribution in [-0.2, 0) is 4.74 Å². The van der Waals surface area contributed by atoms with E-state index in [2.05, 4.69) is 17.9 Å². The number of rotatable bonds is 5. The molecule has 1 aliphatic rings. The van der Waals surface area contributed by atoms with Gasteiger partial charge in [0.25, 0.3) is 0 Å². The number of ether oxygens (including phenoxy) is 1. The molecule has 0 N–H and O–H groups in total. The Morgan fingerprint density at radius 1 is 1.38 bits per heavy atom. The number of hydrogen-bond donors (Lipinski definition) is 0. The Kier molecular flexibility index (Phi) is 5.64. The van der Waals surface area contributed by atoms with Gasteiger partial charge in [0.05, 0.1) is 0 Å². The molecule has 0 aromatic carbocycles. The third-order valence-electron chi connectivity index (χ3n) is 2.44. The quantitative estimate of drug-likeness (QED) is 0.732. The molecule has 0 radical (unpaired) electrons. The first-order valence-electron chi connectivity index (χ1n) is 5.65. The van der Waals surface area contributed by atoms with E-state index in [0.29, 0.717) is 6.61 Å². The predicted molar refractivity (Wildman–Crippen MR) is 69.5 cm³/mol. The van der Waals surface area contributed by atoms with Crippen LogP contribution in [0.15, 0.2) is 34.6 Å². The summed E-state index contributed by atoms with van der Waals surface area (Å²) in [5, 5.41) is 0.849. The molecular weight excluding hydrogens is 222 g/mol. The molecule has 0 atom stereocenters. The first-order valence-corrected chi connectivity index (χ1v) is 6.03. The fourth-order valence-corrected chi connectivity index (χ4v) is 1.69. The van der Waals surface area contributed by atoms with Gasteiger partial charge >= 0.3 is 0 Å². The average Bonchev–Trinajstić information content (AvgIpc) is 2.39. The summed E-state index contributed by atoms with van der Waals surface area (Å²) in [6.45, 7) is 3.74. The Balaban J connectivity index is 2.55. The molecule has 16 heavy (non-hydrogen) atoms. The molecule has 3 heteroatoms. The zero-order chi connectivity index (χ0) is 12.0. The Morgan fingerprint density at radius 2 is 2.12 bits per heavy atom. The molecule has 0 fully saturated rings. The van der Waals surface area contributed by atoms with E-state index in [0.717, 1.165) is 30.2 Å². The third-order valence-corrected chi connectivity index (χ3v) is 2.68. The maximum absolute atomic E-state index is 6.12. The van der Waals surface area contributed by atoms with Crippen molar-refractivity contribution in [3.05, 3.63) is 34.6 Å². The molecule has 0 saturated heterocycles. The van der Waals surface area contributed by atoms with E-state index < -0.39 is 0 Å². The van der Waals surface area contributed by atoms with Crippen LogP contribution >= 0.6 is 11.6 Å². The Morgan fingerprint density at radius 3 is 2.75 bits per heavy atom. The maximum Gasteiger partial charge on any atom is 0.120 e. The molecule has 2 nitrogen and oxygen atoms in total. The summed E-state index contributed by atoms with van der Waals surface area (Å²) in [7, 11) is 4.06. The van der Waals surface area contributed by atoms with E-state index in [9.17, 15) is 0 Å². The van der Waals surface area contributed by atoms with E-state index in [4.69, 9.17) is 16.3 Å². The first-order chi connectivity index (χ1) is 7.61. The molecule has 0 amide bonds. The minimum absolute atomic E-state index is 0.689.